The predicted molar refractivity (Wildman–Crippen MR) is 132 cm³/mol. The lowest BCUT2D eigenvalue weighted by Gasteiger charge is -2.14. The van der Waals surface area contributed by atoms with Crippen molar-refractivity contribution in [2.45, 2.75) is 26.9 Å². The van der Waals surface area contributed by atoms with Gasteiger partial charge in [0.25, 0.3) is 0 Å². The van der Waals surface area contributed by atoms with E-state index in [2.05, 4.69) is 32.5 Å². The van der Waals surface area contributed by atoms with Gasteiger partial charge < -0.3 is 9.47 Å². The molecule has 32 heavy (non-hydrogen) atoms. The number of nitrogens with one attached hydrogen (secondary N) is 1. The number of carbonyl (C=O) groups excluding carboxylic acids is 1. The van der Waals surface area contributed by atoms with Crippen LogP contribution in [0.4, 0.5) is 0 Å². The first kappa shape index (κ1) is 23.8. The summed E-state index contributed by atoms with van der Waals surface area (Å²) in [5, 5.41) is 4.72. The molecule has 0 aliphatic heterocycles. The molecular weight excluding hydrogens is 492 g/mol. The summed E-state index contributed by atoms with van der Waals surface area (Å²) in [5.74, 6) is 0.914. The van der Waals surface area contributed by atoms with Crippen molar-refractivity contribution in [3.05, 3.63) is 91.9 Å². The second-order valence-corrected chi connectivity index (χ2v) is 8.58. The van der Waals surface area contributed by atoms with E-state index in [-0.39, 0.29) is 12.3 Å². The van der Waals surface area contributed by atoms with Gasteiger partial charge in [-0.25, -0.2) is 5.43 Å². The van der Waals surface area contributed by atoms with E-state index in [4.69, 9.17) is 21.1 Å². The number of aryl methyl sites for hydroxylation is 2. The number of amides is 1. The third kappa shape index (κ3) is 6.34. The third-order valence-electron chi connectivity index (χ3n) is 4.83. The molecule has 7 heteroatoms. The third-order valence-corrected chi connectivity index (χ3v) is 5.79. The minimum Gasteiger partial charge on any atom is -0.493 e. The molecule has 0 heterocycles. The van der Waals surface area contributed by atoms with E-state index in [1.807, 2.05) is 56.3 Å². The fourth-order valence-electron chi connectivity index (χ4n) is 3.16. The van der Waals surface area contributed by atoms with Crippen LogP contribution in [0.2, 0.25) is 5.02 Å². The predicted octanol–water partition coefficient (Wildman–Crippen LogP) is 6.00. The summed E-state index contributed by atoms with van der Waals surface area (Å²) >= 11 is 9.73. The van der Waals surface area contributed by atoms with Gasteiger partial charge in [-0.3, -0.25) is 4.79 Å². The largest absolute Gasteiger partial charge is 0.493 e. The summed E-state index contributed by atoms with van der Waals surface area (Å²) in [6, 6.07) is 17.2. The van der Waals surface area contributed by atoms with Gasteiger partial charge in [-0.05, 0) is 64.7 Å². The highest BCUT2D eigenvalue weighted by molar-refractivity contribution is 9.10. The summed E-state index contributed by atoms with van der Waals surface area (Å²) in [6.45, 7) is 4.33. The minimum absolute atomic E-state index is 0.182. The van der Waals surface area contributed by atoms with Gasteiger partial charge in [0.15, 0.2) is 11.5 Å². The van der Waals surface area contributed by atoms with Gasteiger partial charge in [-0.2, -0.15) is 5.10 Å². The number of benzene rings is 3. The molecule has 1 amide bonds. The molecule has 3 aromatic carbocycles. The summed E-state index contributed by atoms with van der Waals surface area (Å²) < 4.78 is 12.1. The average Bonchev–Trinajstić information content (AvgIpc) is 2.75. The van der Waals surface area contributed by atoms with Crippen molar-refractivity contribution >= 4 is 39.7 Å². The van der Waals surface area contributed by atoms with Crippen LogP contribution in [0.15, 0.2) is 64.2 Å². The summed E-state index contributed by atoms with van der Waals surface area (Å²) in [6.07, 6.45) is 1.83. The van der Waals surface area contributed by atoms with Gasteiger partial charge in [0.2, 0.25) is 5.91 Å². The second-order valence-electron chi connectivity index (χ2n) is 7.31. The molecule has 0 aliphatic rings. The first-order valence-electron chi connectivity index (χ1n) is 9.99. The maximum absolute atomic E-state index is 12.2. The van der Waals surface area contributed by atoms with Crippen LogP contribution in [0.3, 0.4) is 0 Å². The van der Waals surface area contributed by atoms with Gasteiger partial charge >= 0.3 is 0 Å². The highest BCUT2D eigenvalue weighted by Gasteiger charge is 2.12. The number of carbonyl (C=O) groups is 1. The number of halogens is 2. The highest BCUT2D eigenvalue weighted by atomic mass is 79.9. The lowest BCUT2D eigenvalue weighted by molar-refractivity contribution is -0.120. The molecule has 3 rings (SSSR count). The molecule has 0 saturated heterocycles. The maximum atomic E-state index is 12.2. The van der Waals surface area contributed by atoms with Crippen LogP contribution in [0.1, 0.15) is 27.8 Å². The summed E-state index contributed by atoms with van der Waals surface area (Å²) in [5.41, 5.74) is 7.43. The Morgan fingerprint density at radius 3 is 2.62 bits per heavy atom. The van der Waals surface area contributed by atoms with Crippen molar-refractivity contribution in [2.24, 2.45) is 5.10 Å². The Hall–Kier alpha value is -2.83. The van der Waals surface area contributed by atoms with Crippen molar-refractivity contribution in [3.63, 3.8) is 0 Å². The van der Waals surface area contributed by atoms with E-state index in [9.17, 15) is 4.79 Å². The molecule has 0 spiro atoms. The number of ether oxygens (including phenoxy) is 2. The van der Waals surface area contributed by atoms with Crippen molar-refractivity contribution in [1.29, 1.82) is 0 Å². The Kier molecular flexibility index (Phi) is 8.31. The zero-order valence-corrected chi connectivity index (χ0v) is 20.5. The van der Waals surface area contributed by atoms with Crippen molar-refractivity contribution in [3.8, 4) is 11.5 Å². The lowest BCUT2D eigenvalue weighted by Crippen LogP contribution is -2.20. The topological polar surface area (TPSA) is 59.9 Å². The van der Waals surface area contributed by atoms with Crippen LogP contribution in [0.5, 0.6) is 11.5 Å². The zero-order chi connectivity index (χ0) is 23.1. The monoisotopic (exact) mass is 514 g/mol. The van der Waals surface area contributed by atoms with E-state index in [0.717, 1.165) is 22.3 Å². The van der Waals surface area contributed by atoms with Crippen LogP contribution in [0.25, 0.3) is 0 Å². The fraction of sp³-hybridized carbons (Fsp3) is 0.200. The van der Waals surface area contributed by atoms with Crippen molar-refractivity contribution < 1.29 is 14.3 Å². The van der Waals surface area contributed by atoms with E-state index < -0.39 is 0 Å². The Morgan fingerprint density at radius 2 is 1.91 bits per heavy atom. The van der Waals surface area contributed by atoms with Crippen LogP contribution in [-0.4, -0.2) is 19.2 Å². The first-order valence-corrected chi connectivity index (χ1v) is 11.2. The highest BCUT2D eigenvalue weighted by Crippen LogP contribution is 2.37. The number of hydrogen-bond donors (Lipinski definition) is 1. The molecule has 0 atom stereocenters. The van der Waals surface area contributed by atoms with Crippen LogP contribution < -0.4 is 14.9 Å². The van der Waals surface area contributed by atoms with E-state index >= 15 is 0 Å². The number of rotatable bonds is 8. The van der Waals surface area contributed by atoms with Crippen LogP contribution in [-0.2, 0) is 17.8 Å². The number of nitrogens with zero attached hydrogens (tertiary/aromatic N) is 1. The van der Waals surface area contributed by atoms with Gasteiger partial charge in [-0.15, -0.1) is 0 Å². The molecular formula is C25H24BrClN2O3. The van der Waals surface area contributed by atoms with Crippen molar-refractivity contribution in [1.82, 2.24) is 5.43 Å². The fourth-order valence-corrected chi connectivity index (χ4v) is 3.92. The van der Waals surface area contributed by atoms with E-state index in [0.29, 0.717) is 27.6 Å². The Labute approximate surface area is 201 Å². The second kappa shape index (κ2) is 11.2. The summed E-state index contributed by atoms with van der Waals surface area (Å²) in [7, 11) is 1.57. The van der Waals surface area contributed by atoms with E-state index in [1.165, 1.54) is 5.56 Å². The normalized spacial score (nSPS) is 10.9. The smallest absolute Gasteiger partial charge is 0.244 e. The molecule has 0 bridgehead atoms. The molecule has 0 unspecified atom stereocenters. The molecule has 1 N–H and O–H groups in total. The average molecular weight is 516 g/mol. The first-order chi connectivity index (χ1) is 15.4. The van der Waals surface area contributed by atoms with Gasteiger partial charge in [0, 0.05) is 10.6 Å². The molecule has 0 saturated carbocycles. The van der Waals surface area contributed by atoms with Crippen LogP contribution in [0, 0.1) is 13.8 Å². The lowest BCUT2D eigenvalue weighted by atomic mass is 10.0. The summed E-state index contributed by atoms with van der Waals surface area (Å²) in [4.78, 5) is 12.2. The zero-order valence-electron chi connectivity index (χ0n) is 18.1. The molecule has 0 aliphatic carbocycles. The minimum atomic E-state index is -0.182. The molecule has 0 aromatic heterocycles. The van der Waals surface area contributed by atoms with Gasteiger partial charge in [0.05, 0.1) is 24.2 Å². The van der Waals surface area contributed by atoms with E-state index in [1.54, 1.807) is 19.4 Å². The molecule has 0 fully saturated rings. The molecule has 3 aromatic rings. The Balaban J connectivity index is 1.65. The quantitative estimate of drug-likeness (QED) is 0.296. The molecule has 5 nitrogen and oxygen atoms in total. The number of methoxy groups -OCH3 is 1. The molecule has 166 valence electrons. The SMILES string of the molecule is COc1cc(/C=N\NC(=O)Cc2ccc(C)cc2C)cc(Br)c1OCc1ccccc1Cl. The maximum Gasteiger partial charge on any atom is 0.244 e. The number of hydrogen-bond acceptors (Lipinski definition) is 4. The van der Waals surface area contributed by atoms with Gasteiger partial charge in [0.1, 0.15) is 6.61 Å². The Bertz CT molecular complexity index is 1150. The van der Waals surface area contributed by atoms with Gasteiger partial charge in [-0.1, -0.05) is 53.6 Å². The van der Waals surface area contributed by atoms with Crippen molar-refractivity contribution in [2.75, 3.05) is 7.11 Å². The number of hydrazone groups is 1. The molecule has 0 radical (unpaired) electrons. The Morgan fingerprint density at radius 1 is 1.12 bits per heavy atom. The van der Waals surface area contributed by atoms with Crippen LogP contribution >= 0.6 is 27.5 Å². The standard InChI is InChI=1S/C25H24BrClN2O3/c1-16-8-9-19(17(2)10-16)13-24(30)29-28-14-18-11-21(26)25(23(12-18)31-3)32-15-20-6-4-5-7-22(20)27/h4-12,14H,13,15H2,1-3H3,(H,29,30)/b28-14-.